The average Bonchev–Trinajstić information content (AvgIpc) is 2.86. The first kappa shape index (κ1) is 12.6. The zero-order valence-corrected chi connectivity index (χ0v) is 10.5. The van der Waals surface area contributed by atoms with Crippen LogP contribution in [0.4, 0.5) is 0 Å². The van der Waals surface area contributed by atoms with E-state index in [0.29, 0.717) is 12.6 Å². The molecule has 96 valence electrons. The molecule has 1 atom stereocenters. The minimum absolute atomic E-state index is 0.288. The molecule has 2 N–H and O–H groups in total. The molecule has 1 aromatic heterocycles. The van der Waals surface area contributed by atoms with Crippen LogP contribution in [0.25, 0.3) is 0 Å². The molecule has 4 nitrogen and oxygen atoms in total. The van der Waals surface area contributed by atoms with Gasteiger partial charge in [0.2, 0.25) is 0 Å². The molecule has 1 aromatic rings. The molecular weight excluding hydrogens is 216 g/mol. The van der Waals surface area contributed by atoms with E-state index in [0.717, 1.165) is 32.5 Å². The molecule has 0 aromatic carbocycles. The average molecular weight is 238 g/mol. The number of hydrogen-bond donors (Lipinski definition) is 1. The molecule has 1 unspecified atom stereocenters. The Morgan fingerprint density at radius 1 is 1.53 bits per heavy atom. The highest BCUT2D eigenvalue weighted by Crippen LogP contribution is 2.25. The Hall–Kier alpha value is -0.840. The third-order valence-corrected chi connectivity index (χ3v) is 3.47. The van der Waals surface area contributed by atoms with Crippen LogP contribution in [0.2, 0.25) is 0 Å². The molecule has 1 aliphatic rings. The molecule has 1 saturated heterocycles. The van der Waals surface area contributed by atoms with Gasteiger partial charge in [0.05, 0.1) is 24.7 Å². The van der Waals surface area contributed by atoms with E-state index in [1.54, 1.807) is 12.5 Å². The van der Waals surface area contributed by atoms with Gasteiger partial charge in [0, 0.05) is 31.8 Å². The zero-order valence-electron chi connectivity index (χ0n) is 10.5. The Balaban J connectivity index is 1.90. The topological polar surface area (TPSA) is 51.6 Å². The Morgan fingerprint density at radius 3 is 2.82 bits per heavy atom. The first-order chi connectivity index (χ1) is 8.35. The molecule has 0 bridgehead atoms. The maximum absolute atomic E-state index is 5.87. The van der Waals surface area contributed by atoms with Crippen LogP contribution < -0.4 is 5.73 Å². The number of nitrogens with zero attached hydrogens (tertiary/aromatic N) is 1. The predicted octanol–water partition coefficient (Wildman–Crippen LogP) is 1.78. The highest BCUT2D eigenvalue weighted by molar-refractivity contribution is 5.12. The van der Waals surface area contributed by atoms with Gasteiger partial charge in [-0.25, -0.2) is 0 Å². The third kappa shape index (κ3) is 3.09. The Morgan fingerprint density at radius 2 is 2.29 bits per heavy atom. The van der Waals surface area contributed by atoms with Crippen molar-refractivity contribution in [1.82, 2.24) is 4.90 Å². The summed E-state index contributed by atoms with van der Waals surface area (Å²) in [5.74, 6) is 0. The molecule has 0 aliphatic carbocycles. The van der Waals surface area contributed by atoms with E-state index in [4.69, 9.17) is 14.9 Å². The van der Waals surface area contributed by atoms with Crippen LogP contribution in [0.5, 0.6) is 0 Å². The maximum atomic E-state index is 5.87. The summed E-state index contributed by atoms with van der Waals surface area (Å²) in [5, 5.41) is 0. The van der Waals surface area contributed by atoms with Gasteiger partial charge in [-0.05, 0) is 25.8 Å². The molecule has 17 heavy (non-hydrogen) atoms. The van der Waals surface area contributed by atoms with E-state index in [2.05, 4.69) is 11.8 Å². The monoisotopic (exact) mass is 238 g/mol. The van der Waals surface area contributed by atoms with Crippen molar-refractivity contribution in [2.24, 2.45) is 5.73 Å². The van der Waals surface area contributed by atoms with Gasteiger partial charge < -0.3 is 14.9 Å². The van der Waals surface area contributed by atoms with Gasteiger partial charge in [-0.1, -0.05) is 0 Å². The van der Waals surface area contributed by atoms with Gasteiger partial charge in [0.1, 0.15) is 0 Å². The van der Waals surface area contributed by atoms with Crippen molar-refractivity contribution in [1.29, 1.82) is 0 Å². The predicted molar refractivity (Wildman–Crippen MR) is 66.7 cm³/mol. The van der Waals surface area contributed by atoms with Crippen molar-refractivity contribution >= 4 is 0 Å². The number of likely N-dealkylation sites (tertiary alicyclic amines) is 1. The lowest BCUT2D eigenvalue weighted by atomic mass is 10.0. The van der Waals surface area contributed by atoms with Crippen LogP contribution >= 0.6 is 0 Å². The lowest BCUT2D eigenvalue weighted by molar-refractivity contribution is 0.00447. The normalized spacial score (nSPS) is 20.6. The fourth-order valence-electron chi connectivity index (χ4n) is 2.55. The zero-order chi connectivity index (χ0) is 12.1. The van der Waals surface area contributed by atoms with Crippen LogP contribution in [0.3, 0.4) is 0 Å². The van der Waals surface area contributed by atoms with Crippen molar-refractivity contribution in [3.8, 4) is 0 Å². The molecule has 1 aliphatic heterocycles. The quantitative estimate of drug-likeness (QED) is 0.849. The second-order valence-corrected chi connectivity index (χ2v) is 4.50. The highest BCUT2D eigenvalue weighted by atomic mass is 16.5. The molecule has 0 amide bonds. The summed E-state index contributed by atoms with van der Waals surface area (Å²) >= 11 is 0. The summed E-state index contributed by atoms with van der Waals surface area (Å²) in [6.07, 6.45) is 6.14. The van der Waals surface area contributed by atoms with E-state index in [1.807, 2.05) is 6.07 Å². The summed E-state index contributed by atoms with van der Waals surface area (Å²) in [5.41, 5.74) is 7.06. The van der Waals surface area contributed by atoms with Crippen LogP contribution in [0.1, 0.15) is 31.4 Å². The van der Waals surface area contributed by atoms with Gasteiger partial charge in [0.25, 0.3) is 0 Å². The van der Waals surface area contributed by atoms with Crippen molar-refractivity contribution in [3.05, 3.63) is 24.2 Å². The summed E-state index contributed by atoms with van der Waals surface area (Å²) in [6.45, 7) is 5.61. The maximum Gasteiger partial charge on any atom is 0.0950 e. The second-order valence-electron chi connectivity index (χ2n) is 4.50. The molecule has 4 heteroatoms. The van der Waals surface area contributed by atoms with Gasteiger partial charge in [0.15, 0.2) is 0 Å². The van der Waals surface area contributed by atoms with Crippen LogP contribution in [0, 0.1) is 0 Å². The number of piperidine rings is 1. The first-order valence-electron chi connectivity index (χ1n) is 6.43. The molecule has 0 spiro atoms. The molecule has 2 rings (SSSR count). The van der Waals surface area contributed by atoms with Crippen LogP contribution in [-0.2, 0) is 4.74 Å². The molecule has 0 radical (unpaired) electrons. The Kier molecular flexibility index (Phi) is 4.59. The Bertz CT molecular complexity index is 305. The number of rotatable bonds is 5. The lowest BCUT2D eigenvalue weighted by Gasteiger charge is -2.36. The van der Waals surface area contributed by atoms with Gasteiger partial charge in [-0.2, -0.15) is 0 Å². The summed E-state index contributed by atoms with van der Waals surface area (Å²) in [7, 11) is 0. The highest BCUT2D eigenvalue weighted by Gasteiger charge is 2.25. The standard InChI is InChI=1S/C13H22N2O2/c1-2-17-12-3-6-15(7-4-12)13(9-14)11-5-8-16-10-11/h5,8,10,12-13H,2-4,6-7,9,14H2,1H3. The molecule has 1 fully saturated rings. The van der Waals surface area contributed by atoms with Gasteiger partial charge in [-0.3, -0.25) is 4.90 Å². The first-order valence-corrected chi connectivity index (χ1v) is 6.43. The van der Waals surface area contributed by atoms with E-state index < -0.39 is 0 Å². The minimum Gasteiger partial charge on any atom is -0.472 e. The van der Waals surface area contributed by atoms with E-state index in [-0.39, 0.29) is 6.04 Å². The number of ether oxygens (including phenoxy) is 1. The van der Waals surface area contributed by atoms with Crippen LogP contribution in [0.15, 0.2) is 23.0 Å². The summed E-state index contributed by atoms with van der Waals surface area (Å²) < 4.78 is 10.8. The molecular formula is C13H22N2O2. The number of nitrogens with two attached hydrogens (primary N) is 1. The van der Waals surface area contributed by atoms with E-state index in [1.165, 1.54) is 5.56 Å². The summed E-state index contributed by atoms with van der Waals surface area (Å²) in [4.78, 5) is 2.43. The lowest BCUT2D eigenvalue weighted by Crippen LogP contribution is -2.41. The van der Waals surface area contributed by atoms with E-state index >= 15 is 0 Å². The third-order valence-electron chi connectivity index (χ3n) is 3.47. The van der Waals surface area contributed by atoms with Crippen molar-refractivity contribution in [3.63, 3.8) is 0 Å². The fraction of sp³-hybridized carbons (Fsp3) is 0.692. The van der Waals surface area contributed by atoms with Crippen LogP contribution in [-0.4, -0.2) is 37.2 Å². The minimum atomic E-state index is 0.288. The molecule has 0 saturated carbocycles. The van der Waals surface area contributed by atoms with Crippen molar-refractivity contribution in [2.75, 3.05) is 26.2 Å². The SMILES string of the molecule is CCOC1CCN(C(CN)c2ccoc2)CC1. The smallest absolute Gasteiger partial charge is 0.0950 e. The van der Waals surface area contributed by atoms with E-state index in [9.17, 15) is 0 Å². The number of hydrogen-bond acceptors (Lipinski definition) is 4. The van der Waals surface area contributed by atoms with Gasteiger partial charge >= 0.3 is 0 Å². The largest absolute Gasteiger partial charge is 0.472 e. The van der Waals surface area contributed by atoms with Gasteiger partial charge in [-0.15, -0.1) is 0 Å². The number of furan rings is 1. The Labute approximate surface area is 103 Å². The molecule has 2 heterocycles. The summed E-state index contributed by atoms with van der Waals surface area (Å²) in [6, 6.07) is 2.29. The fourth-order valence-corrected chi connectivity index (χ4v) is 2.55. The second kappa shape index (κ2) is 6.19. The van der Waals surface area contributed by atoms with Crippen molar-refractivity contribution < 1.29 is 9.15 Å². The van der Waals surface area contributed by atoms with Crippen molar-refractivity contribution in [2.45, 2.75) is 31.9 Å².